The van der Waals surface area contributed by atoms with Crippen LogP contribution in [0.15, 0.2) is 24.3 Å². The molecule has 2 heteroatoms. The van der Waals surface area contributed by atoms with Crippen LogP contribution in [0.1, 0.15) is 11.1 Å². The second-order valence-corrected chi connectivity index (χ2v) is 4.01. The summed E-state index contributed by atoms with van der Waals surface area (Å²) in [4.78, 5) is 0. The van der Waals surface area contributed by atoms with E-state index in [0.717, 1.165) is 12.8 Å². The smallest absolute Gasteiger partial charge is 0.116 e. The van der Waals surface area contributed by atoms with E-state index in [4.69, 9.17) is 0 Å². The molecule has 0 heterocycles. The Hall–Kier alpha value is -0.890. The van der Waals surface area contributed by atoms with Gasteiger partial charge in [-0.1, -0.05) is 24.3 Å². The van der Waals surface area contributed by atoms with E-state index in [1.54, 1.807) is 7.05 Å². The first-order valence-corrected chi connectivity index (χ1v) is 5.16. The van der Waals surface area contributed by atoms with Crippen molar-refractivity contribution < 1.29 is 4.39 Å². The first kappa shape index (κ1) is 9.66. The average Bonchev–Trinajstić information content (AvgIpc) is 2.61. The fraction of sp³-hybridized carbons (Fsp3) is 0.500. The van der Waals surface area contributed by atoms with E-state index in [0.29, 0.717) is 6.54 Å². The van der Waals surface area contributed by atoms with Crippen molar-refractivity contribution in [3.63, 3.8) is 0 Å². The van der Waals surface area contributed by atoms with Crippen LogP contribution < -0.4 is 5.32 Å². The molecule has 0 aliphatic heterocycles. The van der Waals surface area contributed by atoms with Crippen molar-refractivity contribution >= 4 is 0 Å². The van der Waals surface area contributed by atoms with E-state index in [-0.39, 0.29) is 5.92 Å². The monoisotopic (exact) mass is 193 g/mol. The van der Waals surface area contributed by atoms with Gasteiger partial charge in [0.15, 0.2) is 0 Å². The highest BCUT2D eigenvalue weighted by molar-refractivity contribution is 5.32. The fourth-order valence-corrected chi connectivity index (χ4v) is 2.21. The lowest BCUT2D eigenvalue weighted by molar-refractivity contribution is 0.230. The van der Waals surface area contributed by atoms with Crippen LogP contribution in [0.3, 0.4) is 0 Å². The molecule has 1 aliphatic rings. The third kappa shape index (κ3) is 1.80. The molecule has 0 saturated heterocycles. The van der Waals surface area contributed by atoms with Gasteiger partial charge < -0.3 is 5.32 Å². The largest absolute Gasteiger partial charge is 0.317 e. The summed E-state index contributed by atoms with van der Waals surface area (Å²) in [5.74, 6) is 0.180. The molecule has 1 N–H and O–H groups in total. The second kappa shape index (κ2) is 4.09. The highest BCUT2D eigenvalue weighted by Crippen LogP contribution is 2.29. The van der Waals surface area contributed by atoms with Gasteiger partial charge in [0.2, 0.25) is 0 Å². The van der Waals surface area contributed by atoms with E-state index in [9.17, 15) is 4.39 Å². The minimum Gasteiger partial charge on any atom is -0.317 e. The Bertz CT molecular complexity index is 286. The molecule has 1 atom stereocenters. The van der Waals surface area contributed by atoms with Gasteiger partial charge in [-0.3, -0.25) is 0 Å². The zero-order valence-corrected chi connectivity index (χ0v) is 8.46. The number of halogens is 1. The predicted octanol–water partition coefficient (Wildman–Crippen LogP) is 1.96. The summed E-state index contributed by atoms with van der Waals surface area (Å²) in [5.41, 5.74) is 2.66. The quantitative estimate of drug-likeness (QED) is 0.773. The number of fused-ring (bicyclic) bond motifs is 1. The lowest BCUT2D eigenvalue weighted by Crippen LogP contribution is -2.27. The van der Waals surface area contributed by atoms with E-state index >= 15 is 0 Å². The Morgan fingerprint density at radius 2 is 1.93 bits per heavy atom. The first-order valence-electron chi connectivity index (χ1n) is 5.16. The van der Waals surface area contributed by atoms with Gasteiger partial charge in [-0.2, -0.15) is 0 Å². The summed E-state index contributed by atoms with van der Waals surface area (Å²) in [6, 6.07) is 8.29. The third-order valence-corrected chi connectivity index (χ3v) is 2.99. The molecule has 0 amide bonds. The minimum atomic E-state index is -0.715. The van der Waals surface area contributed by atoms with Gasteiger partial charge in [0.25, 0.3) is 0 Å². The summed E-state index contributed by atoms with van der Waals surface area (Å²) in [6.45, 7) is 0.471. The summed E-state index contributed by atoms with van der Waals surface area (Å²) in [7, 11) is 1.80. The molecule has 0 bridgehead atoms. The average molecular weight is 193 g/mol. The van der Waals surface area contributed by atoms with Gasteiger partial charge in [0.1, 0.15) is 6.17 Å². The van der Waals surface area contributed by atoms with Crippen LogP contribution in [-0.4, -0.2) is 19.8 Å². The van der Waals surface area contributed by atoms with Crippen LogP contribution in [-0.2, 0) is 12.8 Å². The number of benzene rings is 1. The molecular weight excluding hydrogens is 177 g/mol. The van der Waals surface area contributed by atoms with Crippen molar-refractivity contribution in [3.05, 3.63) is 35.4 Å². The van der Waals surface area contributed by atoms with Crippen molar-refractivity contribution in [3.8, 4) is 0 Å². The van der Waals surface area contributed by atoms with Crippen molar-refractivity contribution in [1.82, 2.24) is 5.32 Å². The molecule has 0 aromatic heterocycles. The molecule has 14 heavy (non-hydrogen) atoms. The molecule has 0 spiro atoms. The molecule has 1 aromatic carbocycles. The van der Waals surface area contributed by atoms with Crippen LogP contribution in [0.5, 0.6) is 0 Å². The minimum absolute atomic E-state index is 0.180. The van der Waals surface area contributed by atoms with E-state index < -0.39 is 6.17 Å². The molecule has 1 aliphatic carbocycles. The topological polar surface area (TPSA) is 12.0 Å². The molecule has 1 unspecified atom stereocenters. The number of alkyl halides is 1. The van der Waals surface area contributed by atoms with Gasteiger partial charge in [-0.15, -0.1) is 0 Å². The van der Waals surface area contributed by atoms with Gasteiger partial charge >= 0.3 is 0 Å². The Morgan fingerprint density at radius 3 is 2.43 bits per heavy atom. The Balaban J connectivity index is 2.04. The molecule has 0 saturated carbocycles. The highest BCUT2D eigenvalue weighted by Gasteiger charge is 2.27. The van der Waals surface area contributed by atoms with Crippen LogP contribution in [0.4, 0.5) is 4.39 Å². The number of rotatable bonds is 3. The van der Waals surface area contributed by atoms with Gasteiger partial charge in [0.05, 0.1) is 0 Å². The predicted molar refractivity (Wildman–Crippen MR) is 56.2 cm³/mol. The fourth-order valence-electron chi connectivity index (χ4n) is 2.21. The van der Waals surface area contributed by atoms with Gasteiger partial charge in [0, 0.05) is 6.54 Å². The first-order chi connectivity index (χ1) is 6.81. The summed E-state index contributed by atoms with van der Waals surface area (Å²) < 4.78 is 13.6. The maximum absolute atomic E-state index is 13.6. The molecule has 2 rings (SSSR count). The van der Waals surface area contributed by atoms with Gasteiger partial charge in [-0.05, 0) is 36.9 Å². The molecule has 0 radical (unpaired) electrons. The highest BCUT2D eigenvalue weighted by atomic mass is 19.1. The second-order valence-electron chi connectivity index (χ2n) is 4.01. The standard InChI is InChI=1S/C12H16FN/c1-14-8-12(13)11-6-9-4-2-3-5-10(9)7-11/h2-5,11-12,14H,6-8H2,1H3. The van der Waals surface area contributed by atoms with E-state index in [1.807, 2.05) is 12.1 Å². The van der Waals surface area contributed by atoms with Crippen LogP contribution in [0.2, 0.25) is 0 Å². The van der Waals surface area contributed by atoms with E-state index in [2.05, 4.69) is 17.4 Å². The molecule has 1 aromatic rings. The lowest BCUT2D eigenvalue weighted by atomic mass is 10.0. The van der Waals surface area contributed by atoms with Crippen molar-refractivity contribution in [1.29, 1.82) is 0 Å². The number of nitrogens with one attached hydrogen (secondary N) is 1. The maximum Gasteiger partial charge on any atom is 0.116 e. The Labute approximate surface area is 84.3 Å². The van der Waals surface area contributed by atoms with Crippen LogP contribution in [0.25, 0.3) is 0 Å². The zero-order chi connectivity index (χ0) is 9.97. The lowest BCUT2D eigenvalue weighted by Gasteiger charge is -2.14. The summed E-state index contributed by atoms with van der Waals surface area (Å²) in [6.07, 6.45) is 1.09. The number of hydrogen-bond acceptors (Lipinski definition) is 1. The van der Waals surface area contributed by atoms with Crippen molar-refractivity contribution in [2.24, 2.45) is 5.92 Å². The van der Waals surface area contributed by atoms with E-state index in [1.165, 1.54) is 11.1 Å². The zero-order valence-electron chi connectivity index (χ0n) is 8.46. The summed E-state index contributed by atoms with van der Waals surface area (Å²) >= 11 is 0. The third-order valence-electron chi connectivity index (χ3n) is 2.99. The summed E-state index contributed by atoms with van der Waals surface area (Å²) in [5, 5.41) is 2.90. The maximum atomic E-state index is 13.6. The van der Waals surface area contributed by atoms with Crippen molar-refractivity contribution in [2.75, 3.05) is 13.6 Å². The van der Waals surface area contributed by atoms with Crippen LogP contribution in [0, 0.1) is 5.92 Å². The molecular formula is C12H16FN. The molecule has 76 valence electrons. The van der Waals surface area contributed by atoms with Crippen LogP contribution >= 0.6 is 0 Å². The Kier molecular flexibility index (Phi) is 2.82. The SMILES string of the molecule is CNCC(F)C1Cc2ccccc2C1. The normalized spacial score (nSPS) is 18.1. The van der Waals surface area contributed by atoms with Crippen molar-refractivity contribution in [2.45, 2.75) is 19.0 Å². The molecule has 1 nitrogen and oxygen atoms in total. The number of hydrogen-bond donors (Lipinski definition) is 1. The van der Waals surface area contributed by atoms with Gasteiger partial charge in [-0.25, -0.2) is 4.39 Å². The molecule has 0 fully saturated rings. The Morgan fingerprint density at radius 1 is 1.36 bits per heavy atom.